The quantitative estimate of drug-likeness (QED) is 0.832. The van der Waals surface area contributed by atoms with Gasteiger partial charge in [0.15, 0.2) is 0 Å². The molecule has 1 rings (SSSR count). The number of carboxylic acids is 1. The Morgan fingerprint density at radius 2 is 1.65 bits per heavy atom. The molecule has 0 aromatic heterocycles. The highest BCUT2D eigenvalue weighted by Gasteiger charge is 2.30. The van der Waals surface area contributed by atoms with Crippen LogP contribution in [-0.4, -0.2) is 32.4 Å². The zero-order valence-electron chi connectivity index (χ0n) is 12.6. The molecule has 0 atom stereocenters. The van der Waals surface area contributed by atoms with Crippen molar-refractivity contribution in [1.29, 1.82) is 0 Å². The minimum atomic E-state index is -0.899. The molecule has 1 N–H and O–H groups in total. The second-order valence-electron chi connectivity index (χ2n) is 5.28. The summed E-state index contributed by atoms with van der Waals surface area (Å²) in [5.74, 6) is 0.374. The lowest BCUT2D eigenvalue weighted by atomic mass is 9.85. The second-order valence-corrected chi connectivity index (χ2v) is 5.28. The molecule has 20 heavy (non-hydrogen) atoms. The molecule has 1 aromatic carbocycles. The highest BCUT2D eigenvalue weighted by molar-refractivity contribution is 5.74. The molecule has 1 aromatic rings. The van der Waals surface area contributed by atoms with Gasteiger partial charge >= 0.3 is 5.97 Å². The zero-order chi connectivity index (χ0) is 15.3. The maximum atomic E-state index is 11.3. The standard InChI is InChI=1S/C15H22O5/c1-15(2,14(16)17)8-11-12(19-4)6-10(9-18-3)7-13(11)20-5/h6-7H,8-9H2,1-5H3,(H,16,17). The molecule has 0 aliphatic rings. The first-order chi connectivity index (χ1) is 9.35. The smallest absolute Gasteiger partial charge is 0.309 e. The predicted octanol–water partition coefficient (Wildman–Crippen LogP) is 2.50. The van der Waals surface area contributed by atoms with Crippen molar-refractivity contribution in [3.63, 3.8) is 0 Å². The van der Waals surface area contributed by atoms with Gasteiger partial charge < -0.3 is 19.3 Å². The van der Waals surface area contributed by atoms with Gasteiger partial charge in [-0.2, -0.15) is 0 Å². The third-order valence-electron chi connectivity index (χ3n) is 3.18. The van der Waals surface area contributed by atoms with Crippen LogP contribution in [0.4, 0.5) is 0 Å². The monoisotopic (exact) mass is 282 g/mol. The average Bonchev–Trinajstić information content (AvgIpc) is 2.39. The molecule has 0 unspecified atom stereocenters. The van der Waals surface area contributed by atoms with Crippen LogP contribution >= 0.6 is 0 Å². The molecule has 5 heteroatoms. The Bertz CT molecular complexity index is 454. The van der Waals surface area contributed by atoms with Crippen LogP contribution in [0, 0.1) is 5.41 Å². The van der Waals surface area contributed by atoms with Crippen LogP contribution in [0.2, 0.25) is 0 Å². The molecule has 0 bridgehead atoms. The topological polar surface area (TPSA) is 65.0 Å². The summed E-state index contributed by atoms with van der Waals surface area (Å²) in [5, 5.41) is 9.27. The van der Waals surface area contributed by atoms with Crippen molar-refractivity contribution in [2.75, 3.05) is 21.3 Å². The van der Waals surface area contributed by atoms with Gasteiger partial charge in [0.25, 0.3) is 0 Å². The molecule has 112 valence electrons. The van der Waals surface area contributed by atoms with Crippen LogP contribution < -0.4 is 9.47 Å². The van der Waals surface area contributed by atoms with Crippen molar-refractivity contribution < 1.29 is 24.1 Å². The fourth-order valence-corrected chi connectivity index (χ4v) is 1.98. The van der Waals surface area contributed by atoms with Crippen LogP contribution in [0.5, 0.6) is 11.5 Å². The minimum absolute atomic E-state index is 0.321. The average molecular weight is 282 g/mol. The van der Waals surface area contributed by atoms with Gasteiger partial charge in [-0.25, -0.2) is 0 Å². The lowest BCUT2D eigenvalue weighted by molar-refractivity contribution is -0.146. The SMILES string of the molecule is COCc1cc(OC)c(CC(C)(C)C(=O)O)c(OC)c1. The van der Waals surface area contributed by atoms with E-state index in [1.807, 2.05) is 12.1 Å². The molecule has 0 saturated heterocycles. The molecule has 0 saturated carbocycles. The summed E-state index contributed by atoms with van der Waals surface area (Å²) < 4.78 is 15.8. The van der Waals surface area contributed by atoms with Crippen molar-refractivity contribution >= 4 is 5.97 Å². The summed E-state index contributed by atoms with van der Waals surface area (Å²) in [6.07, 6.45) is 0.321. The number of carbonyl (C=O) groups is 1. The van der Waals surface area contributed by atoms with E-state index >= 15 is 0 Å². The van der Waals surface area contributed by atoms with Gasteiger partial charge in [0.05, 0.1) is 26.2 Å². The molecule has 0 aliphatic carbocycles. The van der Waals surface area contributed by atoms with Gasteiger partial charge in [-0.05, 0) is 38.0 Å². The maximum Gasteiger partial charge on any atom is 0.309 e. The molecule has 0 fully saturated rings. The van der Waals surface area contributed by atoms with Gasteiger partial charge in [-0.1, -0.05) is 0 Å². The van der Waals surface area contributed by atoms with E-state index in [-0.39, 0.29) is 0 Å². The van der Waals surface area contributed by atoms with Crippen LogP contribution in [0.15, 0.2) is 12.1 Å². The molecule has 0 spiro atoms. The predicted molar refractivity (Wildman–Crippen MR) is 75.4 cm³/mol. The van der Waals surface area contributed by atoms with E-state index in [0.29, 0.717) is 24.5 Å². The van der Waals surface area contributed by atoms with E-state index in [1.165, 1.54) is 0 Å². The van der Waals surface area contributed by atoms with Crippen molar-refractivity contribution in [2.24, 2.45) is 5.41 Å². The van der Waals surface area contributed by atoms with E-state index in [4.69, 9.17) is 14.2 Å². The summed E-state index contributed by atoms with van der Waals surface area (Å²) in [4.78, 5) is 11.3. The highest BCUT2D eigenvalue weighted by Crippen LogP contribution is 2.36. The van der Waals surface area contributed by atoms with E-state index < -0.39 is 11.4 Å². The number of carboxylic acid groups (broad SMARTS) is 1. The van der Waals surface area contributed by atoms with E-state index in [0.717, 1.165) is 11.1 Å². The van der Waals surface area contributed by atoms with Crippen molar-refractivity contribution in [3.05, 3.63) is 23.3 Å². The third kappa shape index (κ3) is 3.63. The molecule has 5 nitrogen and oxygen atoms in total. The summed E-state index contributed by atoms with van der Waals surface area (Å²) in [7, 11) is 4.73. The molecule has 0 amide bonds. The number of methoxy groups -OCH3 is 3. The van der Waals surface area contributed by atoms with Crippen molar-refractivity contribution in [3.8, 4) is 11.5 Å². The first kappa shape index (κ1) is 16.3. The largest absolute Gasteiger partial charge is 0.496 e. The Kier molecular flexibility index (Phi) is 5.39. The highest BCUT2D eigenvalue weighted by atomic mass is 16.5. The number of aliphatic carboxylic acids is 1. The summed E-state index contributed by atoms with van der Waals surface area (Å²) in [6, 6.07) is 3.69. The van der Waals surface area contributed by atoms with Crippen molar-refractivity contribution in [2.45, 2.75) is 26.9 Å². The second kappa shape index (κ2) is 6.61. The number of ether oxygens (including phenoxy) is 3. The Morgan fingerprint density at radius 3 is 2.00 bits per heavy atom. The Labute approximate surface area is 119 Å². The maximum absolute atomic E-state index is 11.3. The fourth-order valence-electron chi connectivity index (χ4n) is 1.98. The number of benzene rings is 1. The lowest BCUT2D eigenvalue weighted by Crippen LogP contribution is -2.26. The summed E-state index contributed by atoms with van der Waals surface area (Å²) >= 11 is 0. The molecule has 0 radical (unpaired) electrons. The minimum Gasteiger partial charge on any atom is -0.496 e. The van der Waals surface area contributed by atoms with E-state index in [9.17, 15) is 9.90 Å². The Balaban J connectivity index is 3.26. The molecular weight excluding hydrogens is 260 g/mol. The van der Waals surface area contributed by atoms with Crippen LogP contribution in [0.1, 0.15) is 25.0 Å². The normalized spacial score (nSPS) is 11.2. The molecular formula is C15H22O5. The summed E-state index contributed by atoms with van der Waals surface area (Å²) in [5.41, 5.74) is 0.768. The molecule has 0 heterocycles. The number of hydrogen-bond acceptors (Lipinski definition) is 4. The van der Waals surface area contributed by atoms with Gasteiger partial charge in [0.1, 0.15) is 11.5 Å². The van der Waals surface area contributed by atoms with E-state index in [2.05, 4.69) is 0 Å². The van der Waals surface area contributed by atoms with Crippen LogP contribution in [-0.2, 0) is 22.6 Å². The Hall–Kier alpha value is -1.75. The Morgan fingerprint density at radius 1 is 1.15 bits per heavy atom. The van der Waals surface area contributed by atoms with Gasteiger partial charge in [-0.15, -0.1) is 0 Å². The number of hydrogen-bond donors (Lipinski definition) is 1. The third-order valence-corrected chi connectivity index (χ3v) is 3.18. The zero-order valence-corrected chi connectivity index (χ0v) is 12.6. The summed E-state index contributed by atoms with van der Waals surface area (Å²) in [6.45, 7) is 3.80. The molecule has 0 aliphatic heterocycles. The van der Waals surface area contributed by atoms with Gasteiger partial charge in [0.2, 0.25) is 0 Å². The first-order valence-electron chi connectivity index (χ1n) is 6.31. The van der Waals surface area contributed by atoms with E-state index in [1.54, 1.807) is 35.2 Å². The fraction of sp³-hybridized carbons (Fsp3) is 0.533. The first-order valence-corrected chi connectivity index (χ1v) is 6.31. The van der Waals surface area contributed by atoms with Crippen molar-refractivity contribution in [1.82, 2.24) is 0 Å². The van der Waals surface area contributed by atoms with Crippen LogP contribution in [0.25, 0.3) is 0 Å². The van der Waals surface area contributed by atoms with Gasteiger partial charge in [-0.3, -0.25) is 4.79 Å². The number of rotatable bonds is 7. The lowest BCUT2D eigenvalue weighted by Gasteiger charge is -2.23. The van der Waals surface area contributed by atoms with Gasteiger partial charge in [0, 0.05) is 12.7 Å². The van der Waals surface area contributed by atoms with Crippen LogP contribution in [0.3, 0.4) is 0 Å².